The fraction of sp³-hybridized carbons (Fsp3) is 0.467. The van der Waals surface area contributed by atoms with Crippen molar-refractivity contribution < 1.29 is 17.6 Å². The summed E-state index contributed by atoms with van der Waals surface area (Å²) < 4.78 is 32.7. The fourth-order valence-corrected chi connectivity index (χ4v) is 3.38. The highest BCUT2D eigenvalue weighted by atomic mass is 32.2. The Hall–Kier alpha value is -2.13. The molecule has 24 heavy (non-hydrogen) atoms. The van der Waals surface area contributed by atoms with Gasteiger partial charge in [0.05, 0.1) is 30.9 Å². The topological polar surface area (TPSA) is 97.4 Å². The molecule has 3 heterocycles. The monoisotopic (exact) mass is 352 g/mol. The van der Waals surface area contributed by atoms with Gasteiger partial charge in [0.15, 0.2) is 5.76 Å². The van der Waals surface area contributed by atoms with Crippen LogP contribution in [-0.4, -0.2) is 47.6 Å². The molecule has 130 valence electrons. The van der Waals surface area contributed by atoms with E-state index in [1.165, 1.54) is 0 Å². The number of hydrogen-bond acceptors (Lipinski definition) is 5. The number of hydrogen-bond donors (Lipinski definition) is 1. The number of nitrogens with one attached hydrogen (secondary N) is 1. The van der Waals surface area contributed by atoms with Crippen molar-refractivity contribution in [2.45, 2.75) is 25.9 Å². The maximum atomic E-state index is 12.8. The zero-order valence-electron chi connectivity index (χ0n) is 13.8. The fourth-order valence-electron chi connectivity index (χ4n) is 2.88. The molecule has 1 atom stereocenters. The van der Waals surface area contributed by atoms with E-state index in [9.17, 15) is 13.2 Å². The maximum Gasteiger partial charge on any atom is 0.290 e. The number of aromatic nitrogens is 2. The Morgan fingerprint density at radius 1 is 1.46 bits per heavy atom. The molecule has 2 aromatic heterocycles. The molecule has 2 aromatic rings. The van der Waals surface area contributed by atoms with Gasteiger partial charge in [0.1, 0.15) is 5.76 Å². The molecule has 0 aliphatic carbocycles. The van der Waals surface area contributed by atoms with E-state index < -0.39 is 10.0 Å². The first-order valence-electron chi connectivity index (χ1n) is 7.55. The van der Waals surface area contributed by atoms with Gasteiger partial charge in [0.2, 0.25) is 10.0 Å². The van der Waals surface area contributed by atoms with Crippen LogP contribution < -0.4 is 4.72 Å². The normalized spacial score (nSPS) is 17.8. The summed E-state index contributed by atoms with van der Waals surface area (Å²) >= 11 is 0. The van der Waals surface area contributed by atoms with Crippen molar-refractivity contribution in [2.24, 2.45) is 7.05 Å². The molecule has 0 fully saturated rings. The third-order valence-electron chi connectivity index (χ3n) is 4.13. The number of imidazole rings is 1. The molecule has 1 aliphatic heterocycles. The van der Waals surface area contributed by atoms with Gasteiger partial charge in [-0.25, -0.2) is 18.1 Å². The Morgan fingerprint density at radius 2 is 2.21 bits per heavy atom. The van der Waals surface area contributed by atoms with Crippen LogP contribution in [0.15, 0.2) is 22.9 Å². The van der Waals surface area contributed by atoms with Crippen molar-refractivity contribution in [3.05, 3.63) is 41.4 Å². The largest absolute Gasteiger partial charge is 0.456 e. The van der Waals surface area contributed by atoms with Gasteiger partial charge in [-0.05, 0) is 19.1 Å². The third-order valence-corrected chi connectivity index (χ3v) is 4.82. The van der Waals surface area contributed by atoms with Crippen molar-refractivity contribution in [2.75, 3.05) is 12.8 Å². The molecular formula is C15H20N4O4S. The molecule has 3 rings (SSSR count). The number of sulfonamides is 1. The Balaban J connectivity index is 1.89. The van der Waals surface area contributed by atoms with E-state index in [4.69, 9.17) is 4.42 Å². The second kappa shape index (κ2) is 6.06. The number of fused-ring (bicyclic) bond motifs is 1. The quantitative estimate of drug-likeness (QED) is 0.861. The third kappa shape index (κ3) is 3.36. The first kappa shape index (κ1) is 16.7. The van der Waals surface area contributed by atoms with Crippen LogP contribution in [0.1, 0.15) is 27.7 Å². The minimum atomic E-state index is -3.34. The van der Waals surface area contributed by atoms with Gasteiger partial charge in [-0.2, -0.15) is 0 Å². The van der Waals surface area contributed by atoms with Crippen molar-refractivity contribution in [3.8, 4) is 0 Å². The summed E-state index contributed by atoms with van der Waals surface area (Å²) in [7, 11) is -1.45. The zero-order chi connectivity index (χ0) is 17.5. The number of aryl methyl sites for hydroxylation is 2. The van der Waals surface area contributed by atoms with E-state index in [1.807, 2.05) is 11.6 Å². The van der Waals surface area contributed by atoms with E-state index in [2.05, 4.69) is 9.71 Å². The second-order valence-corrected chi connectivity index (χ2v) is 7.90. The molecule has 0 unspecified atom stereocenters. The molecule has 1 N–H and O–H groups in total. The van der Waals surface area contributed by atoms with Crippen LogP contribution in [0, 0.1) is 6.92 Å². The van der Waals surface area contributed by atoms with Crippen molar-refractivity contribution in [1.82, 2.24) is 19.2 Å². The predicted molar refractivity (Wildman–Crippen MR) is 86.9 cm³/mol. The first-order valence-corrected chi connectivity index (χ1v) is 9.45. The second-order valence-electron chi connectivity index (χ2n) is 6.07. The van der Waals surface area contributed by atoms with Gasteiger partial charge < -0.3 is 13.9 Å². The number of rotatable bonds is 4. The molecule has 1 amide bonds. The van der Waals surface area contributed by atoms with Crippen LogP contribution >= 0.6 is 0 Å². The Labute approximate surface area is 140 Å². The van der Waals surface area contributed by atoms with Gasteiger partial charge >= 0.3 is 0 Å². The number of furan rings is 1. The summed E-state index contributed by atoms with van der Waals surface area (Å²) in [6.45, 7) is 2.24. The molecule has 0 spiro atoms. The highest BCUT2D eigenvalue weighted by molar-refractivity contribution is 7.88. The van der Waals surface area contributed by atoms with E-state index in [-0.39, 0.29) is 24.3 Å². The molecule has 0 saturated heterocycles. The van der Waals surface area contributed by atoms with E-state index in [0.29, 0.717) is 18.7 Å². The minimum Gasteiger partial charge on any atom is -0.456 e. The minimum absolute atomic E-state index is 0.148. The summed E-state index contributed by atoms with van der Waals surface area (Å²) in [6.07, 6.45) is 3.34. The van der Waals surface area contributed by atoms with Gasteiger partial charge in [-0.1, -0.05) is 0 Å². The van der Waals surface area contributed by atoms with Crippen LogP contribution in [0.4, 0.5) is 0 Å². The van der Waals surface area contributed by atoms with Crippen molar-refractivity contribution >= 4 is 15.9 Å². The highest BCUT2D eigenvalue weighted by Crippen LogP contribution is 2.24. The Morgan fingerprint density at radius 3 is 2.83 bits per heavy atom. The van der Waals surface area contributed by atoms with Crippen LogP contribution in [0.2, 0.25) is 0 Å². The van der Waals surface area contributed by atoms with E-state index in [1.54, 1.807) is 30.3 Å². The van der Waals surface area contributed by atoms with Gasteiger partial charge in [0, 0.05) is 25.7 Å². The molecular weight excluding hydrogens is 332 g/mol. The lowest BCUT2D eigenvalue weighted by Crippen LogP contribution is -2.50. The molecule has 0 aromatic carbocycles. The first-order chi connectivity index (χ1) is 11.2. The van der Waals surface area contributed by atoms with Gasteiger partial charge in [-0.15, -0.1) is 0 Å². The summed E-state index contributed by atoms with van der Waals surface area (Å²) in [4.78, 5) is 18.7. The molecule has 0 radical (unpaired) electrons. The molecule has 9 heteroatoms. The summed E-state index contributed by atoms with van der Waals surface area (Å²) in [5.74, 6) is 0.635. The lowest BCUT2D eigenvalue weighted by Gasteiger charge is -2.35. The number of amides is 1. The van der Waals surface area contributed by atoms with Gasteiger partial charge in [0.25, 0.3) is 5.91 Å². The van der Waals surface area contributed by atoms with Crippen molar-refractivity contribution in [3.63, 3.8) is 0 Å². The zero-order valence-corrected chi connectivity index (χ0v) is 14.6. The predicted octanol–water partition coefficient (Wildman–Crippen LogP) is 0.438. The lowest BCUT2D eigenvalue weighted by atomic mass is 10.0. The molecule has 8 nitrogen and oxygen atoms in total. The lowest BCUT2D eigenvalue weighted by molar-refractivity contribution is 0.0604. The van der Waals surface area contributed by atoms with Crippen molar-refractivity contribution in [1.29, 1.82) is 0 Å². The van der Waals surface area contributed by atoms with Crippen LogP contribution in [0.3, 0.4) is 0 Å². The molecule has 1 aliphatic rings. The Kier molecular flexibility index (Phi) is 4.22. The number of carbonyl (C=O) groups is 1. The highest BCUT2D eigenvalue weighted by Gasteiger charge is 2.34. The van der Waals surface area contributed by atoms with Crippen LogP contribution in [-0.2, 0) is 30.0 Å². The Bertz CT molecular complexity index is 868. The average molecular weight is 352 g/mol. The number of carbonyl (C=O) groups excluding carboxylic acids is 1. The SMILES string of the molecule is Cc1ccc(C(=O)N2Cc3ncn(C)c3C[C@@H]2CNS(C)(=O)=O)o1. The standard InChI is InChI=1S/C15H20N4O4S/c1-10-4-5-14(23-10)15(20)19-8-12-13(18(2)9-16-12)6-11(19)7-17-24(3,21)22/h4-5,9,11,17H,6-8H2,1-3H3/t11-/m1/s1. The van der Waals surface area contributed by atoms with Crippen LogP contribution in [0.25, 0.3) is 0 Å². The van der Waals surface area contributed by atoms with Gasteiger partial charge in [-0.3, -0.25) is 4.79 Å². The smallest absolute Gasteiger partial charge is 0.290 e. The maximum absolute atomic E-state index is 12.8. The molecule has 0 saturated carbocycles. The van der Waals surface area contributed by atoms with E-state index >= 15 is 0 Å². The van der Waals surface area contributed by atoms with Crippen LogP contribution in [0.5, 0.6) is 0 Å². The summed E-state index contributed by atoms with van der Waals surface area (Å²) in [5, 5.41) is 0. The van der Waals surface area contributed by atoms with E-state index in [0.717, 1.165) is 17.6 Å². The molecule has 0 bridgehead atoms. The summed E-state index contributed by atoms with van der Waals surface area (Å²) in [5.41, 5.74) is 1.83. The number of nitrogens with zero attached hydrogens (tertiary/aromatic N) is 3. The summed E-state index contributed by atoms with van der Waals surface area (Å²) in [6, 6.07) is 3.06. The average Bonchev–Trinajstić information content (AvgIpc) is 3.09.